The third-order valence-corrected chi connectivity index (χ3v) is 4.77. The molecule has 2 rings (SSSR count). The van der Waals surface area contributed by atoms with Crippen LogP contribution in [0.2, 0.25) is 0 Å². The van der Waals surface area contributed by atoms with Gasteiger partial charge in [0.2, 0.25) is 0 Å². The Morgan fingerprint density at radius 1 is 1.40 bits per heavy atom. The maximum absolute atomic E-state index is 11.9. The van der Waals surface area contributed by atoms with Crippen molar-refractivity contribution >= 4 is 16.8 Å². The third kappa shape index (κ3) is 3.90. The average Bonchev–Trinajstić information content (AvgIpc) is 2.97. The van der Waals surface area contributed by atoms with Gasteiger partial charge in [-0.25, -0.2) is 4.79 Å². The molecule has 1 aliphatic heterocycles. The number of esters is 1. The molecule has 1 aromatic rings. The first kappa shape index (κ1) is 15.2. The van der Waals surface area contributed by atoms with Crippen LogP contribution in [0.5, 0.6) is 0 Å². The maximum atomic E-state index is 11.9. The molecule has 0 saturated carbocycles. The van der Waals surface area contributed by atoms with Crippen molar-refractivity contribution in [3.05, 3.63) is 29.8 Å². The van der Waals surface area contributed by atoms with Crippen LogP contribution in [0, 0.1) is 0 Å². The number of hydrogen-bond acceptors (Lipinski definition) is 4. The first-order chi connectivity index (χ1) is 9.58. The van der Waals surface area contributed by atoms with E-state index in [1.54, 1.807) is 24.3 Å². The lowest BCUT2D eigenvalue weighted by Crippen LogP contribution is -2.17. The number of ether oxygens (including phenoxy) is 2. The molecule has 0 N–H and O–H groups in total. The van der Waals surface area contributed by atoms with Crippen molar-refractivity contribution < 1.29 is 18.5 Å². The van der Waals surface area contributed by atoms with Crippen LogP contribution in [-0.4, -0.2) is 34.7 Å². The molecule has 5 heteroatoms. The van der Waals surface area contributed by atoms with E-state index in [-0.39, 0.29) is 17.3 Å². The second kappa shape index (κ2) is 6.99. The smallest absolute Gasteiger partial charge is 0.338 e. The average molecular weight is 296 g/mol. The van der Waals surface area contributed by atoms with E-state index in [1.807, 2.05) is 13.8 Å². The van der Waals surface area contributed by atoms with Crippen LogP contribution in [0.4, 0.5) is 0 Å². The van der Waals surface area contributed by atoms with Gasteiger partial charge in [0.1, 0.15) is 6.61 Å². The Labute approximate surface area is 121 Å². The Morgan fingerprint density at radius 2 is 2.10 bits per heavy atom. The Bertz CT molecular complexity index is 475. The summed E-state index contributed by atoms with van der Waals surface area (Å²) < 4.78 is 22.5. The molecular weight excluding hydrogens is 276 g/mol. The molecule has 1 aliphatic rings. The zero-order valence-corrected chi connectivity index (χ0v) is 12.7. The predicted molar refractivity (Wildman–Crippen MR) is 77.2 cm³/mol. The van der Waals surface area contributed by atoms with E-state index in [1.165, 1.54) is 0 Å². The molecule has 0 aromatic heterocycles. The van der Waals surface area contributed by atoms with Crippen molar-refractivity contribution in [1.29, 1.82) is 0 Å². The highest BCUT2D eigenvalue weighted by Gasteiger charge is 2.18. The molecule has 110 valence electrons. The first-order valence-electron chi connectivity index (χ1n) is 6.87. The topological polar surface area (TPSA) is 52.6 Å². The van der Waals surface area contributed by atoms with E-state index in [0.29, 0.717) is 12.2 Å². The van der Waals surface area contributed by atoms with Crippen LogP contribution < -0.4 is 0 Å². The lowest BCUT2D eigenvalue weighted by atomic mass is 10.2. The van der Waals surface area contributed by atoms with Gasteiger partial charge in [-0.2, -0.15) is 0 Å². The van der Waals surface area contributed by atoms with Gasteiger partial charge in [-0.15, -0.1) is 0 Å². The zero-order chi connectivity index (χ0) is 14.5. The summed E-state index contributed by atoms with van der Waals surface area (Å²) in [6.45, 7) is 4.86. The molecule has 1 fully saturated rings. The second-order valence-electron chi connectivity index (χ2n) is 5.10. The number of benzene rings is 1. The van der Waals surface area contributed by atoms with Gasteiger partial charge in [0, 0.05) is 16.8 Å². The molecule has 1 saturated heterocycles. The van der Waals surface area contributed by atoms with Crippen LogP contribution in [0.15, 0.2) is 29.2 Å². The highest BCUT2D eigenvalue weighted by molar-refractivity contribution is 7.85. The molecule has 2 atom stereocenters. The SMILES string of the molecule is CC(C)[S@](=O)c1ccc(C(=O)OC[C@H]2CCCO2)cc1. The summed E-state index contributed by atoms with van der Waals surface area (Å²) >= 11 is 0. The number of rotatable bonds is 5. The Morgan fingerprint density at radius 3 is 2.65 bits per heavy atom. The lowest BCUT2D eigenvalue weighted by molar-refractivity contribution is 0.0161. The molecule has 0 bridgehead atoms. The summed E-state index contributed by atoms with van der Waals surface area (Å²) in [7, 11) is -1.03. The maximum Gasteiger partial charge on any atom is 0.338 e. The van der Waals surface area contributed by atoms with Gasteiger partial charge in [-0.1, -0.05) is 13.8 Å². The minimum Gasteiger partial charge on any atom is -0.459 e. The van der Waals surface area contributed by atoms with Gasteiger partial charge in [-0.05, 0) is 37.1 Å². The summed E-state index contributed by atoms with van der Waals surface area (Å²) in [4.78, 5) is 12.6. The van der Waals surface area contributed by atoms with Gasteiger partial charge in [0.25, 0.3) is 0 Å². The summed E-state index contributed by atoms with van der Waals surface area (Å²) in [6, 6.07) is 6.76. The summed E-state index contributed by atoms with van der Waals surface area (Å²) in [5, 5.41) is 0.0623. The normalized spacial score (nSPS) is 20.1. The summed E-state index contributed by atoms with van der Waals surface area (Å²) in [5.41, 5.74) is 0.479. The predicted octanol–water partition coefficient (Wildman–Crippen LogP) is 2.54. The molecule has 1 aromatic carbocycles. The minimum absolute atomic E-state index is 0.0340. The molecule has 0 unspecified atom stereocenters. The van der Waals surface area contributed by atoms with Crippen LogP contribution in [0.3, 0.4) is 0 Å². The van der Waals surface area contributed by atoms with Crippen molar-refractivity contribution in [2.24, 2.45) is 0 Å². The van der Waals surface area contributed by atoms with E-state index in [4.69, 9.17) is 9.47 Å². The van der Waals surface area contributed by atoms with E-state index in [9.17, 15) is 9.00 Å². The van der Waals surface area contributed by atoms with Crippen LogP contribution in [0.25, 0.3) is 0 Å². The molecule has 0 aliphatic carbocycles. The Hall–Kier alpha value is -1.20. The molecule has 0 spiro atoms. The largest absolute Gasteiger partial charge is 0.459 e. The fourth-order valence-electron chi connectivity index (χ4n) is 2.03. The van der Waals surface area contributed by atoms with Crippen LogP contribution in [0.1, 0.15) is 37.0 Å². The van der Waals surface area contributed by atoms with Gasteiger partial charge < -0.3 is 9.47 Å². The Balaban J connectivity index is 1.91. The molecule has 1 heterocycles. The zero-order valence-electron chi connectivity index (χ0n) is 11.8. The third-order valence-electron chi connectivity index (χ3n) is 3.17. The van der Waals surface area contributed by atoms with E-state index in [0.717, 1.165) is 24.3 Å². The number of carbonyl (C=O) groups is 1. The second-order valence-corrected chi connectivity index (χ2v) is 7.11. The fraction of sp³-hybridized carbons (Fsp3) is 0.533. The molecular formula is C15H20O4S. The monoisotopic (exact) mass is 296 g/mol. The molecule has 20 heavy (non-hydrogen) atoms. The van der Waals surface area contributed by atoms with Crippen molar-refractivity contribution in [3.63, 3.8) is 0 Å². The van der Waals surface area contributed by atoms with Crippen molar-refractivity contribution in [1.82, 2.24) is 0 Å². The van der Waals surface area contributed by atoms with Crippen molar-refractivity contribution in [2.75, 3.05) is 13.2 Å². The molecule has 0 radical (unpaired) electrons. The molecule has 0 amide bonds. The number of carbonyl (C=O) groups excluding carboxylic acids is 1. The lowest BCUT2D eigenvalue weighted by Gasteiger charge is -2.10. The molecule has 4 nitrogen and oxygen atoms in total. The van der Waals surface area contributed by atoms with E-state index < -0.39 is 10.8 Å². The van der Waals surface area contributed by atoms with Gasteiger partial charge in [0.05, 0.1) is 22.5 Å². The van der Waals surface area contributed by atoms with Gasteiger partial charge in [0.15, 0.2) is 0 Å². The standard InChI is InChI=1S/C15H20O4S/c1-11(2)20(17)14-7-5-12(6-8-14)15(16)19-10-13-4-3-9-18-13/h5-8,11,13H,3-4,9-10H2,1-2H3/t13-,20+/m1/s1. The van der Waals surface area contributed by atoms with E-state index in [2.05, 4.69) is 0 Å². The summed E-state index contributed by atoms with van der Waals surface area (Å²) in [5.74, 6) is -0.359. The quantitative estimate of drug-likeness (QED) is 0.784. The Kier molecular flexibility index (Phi) is 5.31. The summed E-state index contributed by atoms with van der Waals surface area (Å²) in [6.07, 6.45) is 2.00. The highest BCUT2D eigenvalue weighted by Crippen LogP contribution is 2.15. The number of hydrogen-bond donors (Lipinski definition) is 0. The van der Waals surface area contributed by atoms with Crippen molar-refractivity contribution in [3.8, 4) is 0 Å². The fourth-order valence-corrected chi connectivity index (χ4v) is 2.97. The minimum atomic E-state index is -1.03. The van der Waals surface area contributed by atoms with Gasteiger partial charge in [-0.3, -0.25) is 4.21 Å². The highest BCUT2D eigenvalue weighted by atomic mass is 32.2. The van der Waals surface area contributed by atoms with Crippen LogP contribution in [-0.2, 0) is 20.3 Å². The van der Waals surface area contributed by atoms with Gasteiger partial charge >= 0.3 is 5.97 Å². The van der Waals surface area contributed by atoms with E-state index >= 15 is 0 Å². The van der Waals surface area contributed by atoms with Crippen LogP contribution >= 0.6 is 0 Å². The van der Waals surface area contributed by atoms with Crippen molar-refractivity contribution in [2.45, 2.75) is 42.9 Å². The first-order valence-corrected chi connectivity index (χ1v) is 8.08.